The topological polar surface area (TPSA) is 77.2 Å². The van der Waals surface area contributed by atoms with Gasteiger partial charge in [-0.15, -0.1) is 0 Å². The fourth-order valence-electron chi connectivity index (χ4n) is 13.9. The number of nitrogens with zero attached hydrogens (tertiary/aromatic N) is 6. The van der Waals surface area contributed by atoms with Gasteiger partial charge in [-0.25, -0.2) is 18.7 Å². The molecular formula is C92H62F2N7Na. The van der Waals surface area contributed by atoms with E-state index in [1.165, 1.54) is 71.5 Å². The molecule has 7 aromatic heterocycles. The third-order valence-electron chi connectivity index (χ3n) is 18.7. The van der Waals surface area contributed by atoms with Crippen LogP contribution < -0.4 is 29.6 Å². The Hall–Kier alpha value is -12.5. The van der Waals surface area contributed by atoms with Crippen LogP contribution in [0.4, 0.5) is 8.78 Å². The number of H-pyrrole nitrogens is 1. The first-order valence-corrected chi connectivity index (χ1v) is 33.6. The molecule has 1 N–H and O–H groups in total. The monoisotopic (exact) mass is 1330 g/mol. The van der Waals surface area contributed by atoms with Gasteiger partial charge in [0, 0.05) is 83.7 Å². The number of rotatable bonds is 10. The Kier molecular flexibility index (Phi) is 17.9. The molecule has 0 spiro atoms. The van der Waals surface area contributed by atoms with Crippen molar-refractivity contribution in [3.05, 3.63) is 376 Å². The minimum absolute atomic E-state index is 0. The molecule has 19 aromatic rings. The predicted octanol–water partition coefficient (Wildman–Crippen LogP) is 21.2. The van der Waals surface area contributed by atoms with Crippen LogP contribution in [0.1, 0.15) is 1.43 Å². The van der Waals surface area contributed by atoms with Crippen molar-refractivity contribution in [2.24, 2.45) is 0 Å². The molecule has 0 saturated carbocycles. The molecule has 12 aromatic carbocycles. The summed E-state index contributed by atoms with van der Waals surface area (Å²) in [6.07, 6.45) is 3.57. The largest absolute Gasteiger partial charge is 1.00 e. The zero-order valence-corrected chi connectivity index (χ0v) is 57.6. The summed E-state index contributed by atoms with van der Waals surface area (Å²) in [5, 5.41) is 7.58. The Bertz CT molecular complexity index is 5950. The average molecular weight is 1330 g/mol. The van der Waals surface area contributed by atoms with Crippen molar-refractivity contribution in [2.45, 2.75) is 0 Å². The molecule has 0 amide bonds. The zero-order chi connectivity index (χ0) is 67.6. The maximum atomic E-state index is 14.2. The number of pyridine rings is 4. The Morgan fingerprint density at radius 2 is 0.647 bits per heavy atom. The van der Waals surface area contributed by atoms with Crippen molar-refractivity contribution < 1.29 is 39.8 Å². The maximum absolute atomic E-state index is 14.2. The van der Waals surface area contributed by atoms with Crippen molar-refractivity contribution >= 4 is 65.4 Å². The van der Waals surface area contributed by atoms with E-state index in [-0.39, 0.29) is 36.5 Å². The van der Waals surface area contributed by atoms with Gasteiger partial charge in [-0.3, -0.25) is 9.97 Å². The van der Waals surface area contributed by atoms with Gasteiger partial charge in [0.25, 0.3) is 0 Å². The zero-order valence-electron chi connectivity index (χ0n) is 56.6. The molecule has 0 aliphatic carbocycles. The van der Waals surface area contributed by atoms with Crippen LogP contribution in [-0.2, 0) is 0 Å². The normalized spacial score (nSPS) is 11.2. The number of fused-ring (bicyclic) bond motifs is 9. The van der Waals surface area contributed by atoms with Crippen molar-refractivity contribution in [1.82, 2.24) is 34.1 Å². The van der Waals surface area contributed by atoms with E-state index in [4.69, 9.17) is 9.97 Å². The molecule has 0 atom stereocenters. The first kappa shape index (κ1) is 64.2. The van der Waals surface area contributed by atoms with Gasteiger partial charge in [-0.1, -0.05) is 231 Å². The van der Waals surface area contributed by atoms with Crippen LogP contribution in [0.5, 0.6) is 0 Å². The van der Waals surface area contributed by atoms with Crippen molar-refractivity contribution in [3.8, 4) is 101 Å². The minimum atomic E-state index is -0.470. The van der Waals surface area contributed by atoms with Crippen molar-refractivity contribution in [3.63, 3.8) is 0 Å². The number of hydrogen-bond donors (Lipinski definition) is 1. The summed E-state index contributed by atoms with van der Waals surface area (Å²) in [4.78, 5) is 22.5. The van der Waals surface area contributed by atoms with Gasteiger partial charge in [0.1, 0.15) is 11.6 Å². The maximum Gasteiger partial charge on any atom is 1.00 e. The van der Waals surface area contributed by atoms with Gasteiger partial charge in [0.15, 0.2) is 0 Å². The average Bonchev–Trinajstić information content (AvgIpc) is 1.57. The molecule has 7 nitrogen and oxygen atoms in total. The summed E-state index contributed by atoms with van der Waals surface area (Å²) in [5.41, 5.74) is 23.7. The predicted molar refractivity (Wildman–Crippen MR) is 413 cm³/mol. The van der Waals surface area contributed by atoms with Crippen LogP contribution in [0.3, 0.4) is 0 Å². The van der Waals surface area contributed by atoms with Crippen LogP contribution in [0.15, 0.2) is 364 Å². The van der Waals surface area contributed by atoms with Gasteiger partial charge < -0.3 is 15.5 Å². The molecular weight excluding hydrogens is 1260 g/mol. The molecule has 10 heteroatoms. The Balaban J connectivity index is 0.000000152. The van der Waals surface area contributed by atoms with E-state index in [9.17, 15) is 8.78 Å². The number of hydrogen-bond acceptors (Lipinski definition) is 4. The number of aromatic nitrogens is 7. The van der Waals surface area contributed by atoms with Gasteiger partial charge in [-0.05, 0) is 155 Å². The fraction of sp³-hybridized carbons (Fsp3) is 0. The van der Waals surface area contributed by atoms with E-state index in [0.717, 1.165) is 102 Å². The van der Waals surface area contributed by atoms with Crippen molar-refractivity contribution in [2.75, 3.05) is 0 Å². The summed E-state index contributed by atoms with van der Waals surface area (Å²) in [7, 11) is 0. The first-order valence-electron chi connectivity index (χ1n) is 33.6. The summed E-state index contributed by atoms with van der Waals surface area (Å²) >= 11 is 0. The Morgan fingerprint density at radius 3 is 1.10 bits per heavy atom. The van der Waals surface area contributed by atoms with E-state index in [2.05, 4.69) is 261 Å². The first-order chi connectivity index (χ1) is 49.9. The van der Waals surface area contributed by atoms with Gasteiger partial charge >= 0.3 is 29.6 Å². The number of aromatic amines is 1. The van der Waals surface area contributed by atoms with E-state index in [1.807, 2.05) is 91.1 Å². The number of para-hydroxylation sites is 6. The van der Waals surface area contributed by atoms with Crippen LogP contribution >= 0.6 is 0 Å². The van der Waals surface area contributed by atoms with E-state index in [0.29, 0.717) is 5.56 Å². The van der Waals surface area contributed by atoms with Crippen molar-refractivity contribution in [1.29, 1.82) is 0 Å². The second kappa shape index (κ2) is 28.4. The molecule has 0 aliphatic heterocycles. The van der Waals surface area contributed by atoms with E-state index >= 15 is 0 Å². The van der Waals surface area contributed by atoms with Crippen LogP contribution in [0.2, 0.25) is 0 Å². The number of benzene rings is 12. The molecule has 102 heavy (non-hydrogen) atoms. The molecule has 0 unspecified atom stereocenters. The second-order valence-corrected chi connectivity index (χ2v) is 24.9. The third-order valence-corrected chi connectivity index (χ3v) is 18.7. The van der Waals surface area contributed by atoms with Gasteiger partial charge in [0.05, 0.1) is 61.9 Å². The molecule has 19 rings (SSSR count). The summed E-state index contributed by atoms with van der Waals surface area (Å²) in [6.45, 7) is 0. The quantitative estimate of drug-likeness (QED) is 0.138. The van der Waals surface area contributed by atoms with Crippen LogP contribution in [0.25, 0.3) is 167 Å². The van der Waals surface area contributed by atoms with E-state index < -0.39 is 11.6 Å². The Labute approximate surface area is 611 Å². The minimum Gasteiger partial charge on any atom is -1.00 e. The summed E-state index contributed by atoms with van der Waals surface area (Å²) in [5.74, 6) is -0.927. The number of halogens is 2. The molecule has 7 heterocycles. The SMILES string of the molecule is Fc1ccc(F)c(-c2ccc(-c3cc(-c4ccccc4)cc(-c4ccccn4)n3)cc2)c1.[H-].[Na+].c1ccc(-c2cc(-c3ccc(-c4cc(-n5c6ccccc6c6ccccc65)ccc4-n4c5ccccc5c5ccccc54)cc3)nc(-c3ccccn3)c2)cc1.c1ccc2c(c1)[nH]c1ccccc12. The third kappa shape index (κ3) is 12.6. The fourth-order valence-corrected chi connectivity index (χ4v) is 13.9. The van der Waals surface area contributed by atoms with Crippen LogP contribution in [-0.4, -0.2) is 34.1 Å². The summed E-state index contributed by atoms with van der Waals surface area (Å²) < 4.78 is 32.6. The molecule has 0 bridgehead atoms. The molecule has 0 aliphatic rings. The summed E-state index contributed by atoms with van der Waals surface area (Å²) in [6, 6.07) is 119. The molecule has 0 radical (unpaired) electrons. The molecule has 480 valence electrons. The molecule has 0 saturated heterocycles. The number of nitrogens with one attached hydrogen (secondary N) is 1. The molecule has 0 fully saturated rings. The Morgan fingerprint density at radius 1 is 0.265 bits per heavy atom. The second-order valence-electron chi connectivity index (χ2n) is 24.9. The standard InChI is InChI=1S/C52H34N4.C28H18F2N2.C12H9N.Na.H/c1-2-14-35(15-3-1)38-32-46(54-47(33-38)45-20-12-13-31-53-45)37-27-25-36(26-28-37)44-34-39(55-48-21-8-4-16-40(48)41-17-5-9-22-49(41)55)29-30-52(44)56-50-23-10-6-18-42(50)43-19-7-11-24-51(43)56;29-23-13-14-25(30)24(18-23)20-9-11-21(12-10-20)27-16-22(19-6-2-1-3-7-19)17-28(32-27)26-8-4-5-15-31-26;1-3-7-11-9(5-1)10-6-2-4-8-12(10)13-11;;/h1-34H;1-18H;1-8,13H;;/q;;;+1;-1. The van der Waals surface area contributed by atoms with Gasteiger partial charge in [-0.2, -0.15) is 0 Å². The van der Waals surface area contributed by atoms with E-state index in [1.54, 1.807) is 18.3 Å². The van der Waals surface area contributed by atoms with Gasteiger partial charge in [0.2, 0.25) is 0 Å². The smallest absolute Gasteiger partial charge is 1.00 e. The van der Waals surface area contributed by atoms with Crippen LogP contribution in [0, 0.1) is 11.6 Å².